The highest BCUT2D eigenvalue weighted by molar-refractivity contribution is 7.91. The molecule has 1 N–H and O–H groups in total. The van der Waals surface area contributed by atoms with Crippen molar-refractivity contribution in [2.45, 2.75) is 10.3 Å². The van der Waals surface area contributed by atoms with E-state index in [4.69, 9.17) is 16.3 Å². The number of nitrogens with zero attached hydrogens (tertiary/aromatic N) is 1. The number of ether oxygens (including phenoxy) is 1. The van der Waals surface area contributed by atoms with E-state index in [1.807, 2.05) is 30.3 Å². The first kappa shape index (κ1) is 18.3. The Morgan fingerprint density at radius 1 is 1.28 bits per heavy atom. The predicted molar refractivity (Wildman–Crippen MR) is 96.2 cm³/mol. The summed E-state index contributed by atoms with van der Waals surface area (Å²) in [5, 5.41) is 0. The number of carbonyl (C=O) groups is 1. The van der Waals surface area contributed by atoms with E-state index >= 15 is 0 Å². The minimum atomic E-state index is -3.73. The van der Waals surface area contributed by atoms with Crippen LogP contribution in [0, 0.1) is 0 Å². The van der Waals surface area contributed by atoms with Crippen molar-refractivity contribution >= 4 is 38.9 Å². The normalized spacial score (nSPS) is 18.3. The van der Waals surface area contributed by atoms with Gasteiger partial charge in [0.1, 0.15) is 10.3 Å². The van der Waals surface area contributed by atoms with Gasteiger partial charge in [0.25, 0.3) is 10.0 Å². The summed E-state index contributed by atoms with van der Waals surface area (Å²) in [5.74, 6) is -0.282. The second kappa shape index (κ2) is 7.84. The number of thiophene rings is 1. The predicted octanol–water partition coefficient (Wildman–Crippen LogP) is 2.28. The van der Waals surface area contributed by atoms with Crippen molar-refractivity contribution in [1.82, 2.24) is 9.62 Å². The number of hydrogen-bond donors (Lipinski definition) is 1. The summed E-state index contributed by atoms with van der Waals surface area (Å²) in [6.07, 6.45) is -0.202. The number of morpholine rings is 1. The molecule has 6 nitrogen and oxygen atoms in total. The topological polar surface area (TPSA) is 75.7 Å². The van der Waals surface area contributed by atoms with Crippen LogP contribution in [0.2, 0.25) is 4.34 Å². The molecule has 0 radical (unpaired) electrons. The molecule has 1 fully saturated rings. The van der Waals surface area contributed by atoms with Crippen molar-refractivity contribution in [3.05, 3.63) is 52.4 Å². The van der Waals surface area contributed by atoms with Crippen LogP contribution in [0.15, 0.2) is 46.7 Å². The Balaban J connectivity index is 1.59. The maximum atomic E-state index is 12.4. The highest BCUT2D eigenvalue weighted by Gasteiger charge is 2.26. The first-order valence-corrected chi connectivity index (χ1v) is 10.3. The second-order valence-corrected chi connectivity index (χ2v) is 9.20. The average Bonchev–Trinajstić information content (AvgIpc) is 3.08. The molecule has 2 heterocycles. The van der Waals surface area contributed by atoms with Crippen molar-refractivity contribution < 1.29 is 17.9 Å². The van der Waals surface area contributed by atoms with E-state index in [0.29, 0.717) is 24.0 Å². The van der Waals surface area contributed by atoms with E-state index in [9.17, 15) is 13.2 Å². The third kappa shape index (κ3) is 4.59. The quantitative estimate of drug-likeness (QED) is 0.835. The van der Waals surface area contributed by atoms with Crippen molar-refractivity contribution in [3.63, 3.8) is 0 Å². The van der Waals surface area contributed by atoms with Crippen LogP contribution in [0.25, 0.3) is 0 Å². The van der Waals surface area contributed by atoms with Gasteiger partial charge in [-0.05, 0) is 17.7 Å². The molecule has 1 amide bonds. The number of amides is 1. The number of nitrogens with one attached hydrogen (secondary N) is 1. The van der Waals surface area contributed by atoms with Crippen LogP contribution >= 0.6 is 22.9 Å². The fraction of sp³-hybridized carbons (Fsp3) is 0.312. The number of benzene rings is 1. The summed E-state index contributed by atoms with van der Waals surface area (Å²) in [6, 6.07) is 12.6. The van der Waals surface area contributed by atoms with Gasteiger partial charge in [-0.3, -0.25) is 4.79 Å². The SMILES string of the molecule is O=C(CNS(=O)(=O)c1ccc(Cl)s1)N1CCO[C@@H](c2ccccc2)C1. The van der Waals surface area contributed by atoms with E-state index in [1.165, 1.54) is 12.1 Å². The summed E-state index contributed by atoms with van der Waals surface area (Å²) in [5.41, 5.74) is 0.994. The van der Waals surface area contributed by atoms with Crippen molar-refractivity contribution in [1.29, 1.82) is 0 Å². The molecule has 25 heavy (non-hydrogen) atoms. The first-order chi connectivity index (χ1) is 12.0. The van der Waals surface area contributed by atoms with Gasteiger partial charge in [0.15, 0.2) is 0 Å². The smallest absolute Gasteiger partial charge is 0.250 e. The maximum absolute atomic E-state index is 12.4. The van der Waals surface area contributed by atoms with Gasteiger partial charge < -0.3 is 9.64 Å². The Hall–Kier alpha value is -1.45. The molecule has 1 aliphatic rings. The zero-order valence-electron chi connectivity index (χ0n) is 13.2. The largest absolute Gasteiger partial charge is 0.370 e. The molecule has 2 aromatic rings. The minimum absolute atomic E-state index is 0.0921. The molecule has 0 aliphatic carbocycles. The van der Waals surface area contributed by atoms with Gasteiger partial charge in [0.05, 0.1) is 24.0 Å². The van der Waals surface area contributed by atoms with Crippen LogP contribution in [0.1, 0.15) is 11.7 Å². The van der Waals surface area contributed by atoms with Gasteiger partial charge in [-0.1, -0.05) is 41.9 Å². The molecular formula is C16H17ClN2O4S2. The van der Waals surface area contributed by atoms with Crippen LogP contribution in [0.5, 0.6) is 0 Å². The Labute approximate surface area is 155 Å². The number of sulfonamides is 1. The lowest BCUT2D eigenvalue weighted by atomic mass is 10.1. The first-order valence-electron chi connectivity index (χ1n) is 7.65. The maximum Gasteiger partial charge on any atom is 0.250 e. The highest BCUT2D eigenvalue weighted by atomic mass is 35.5. The summed E-state index contributed by atoms with van der Waals surface area (Å²) in [7, 11) is -3.73. The molecule has 1 aromatic heterocycles. The molecule has 1 aliphatic heterocycles. The molecule has 0 spiro atoms. The van der Waals surface area contributed by atoms with E-state index in [2.05, 4.69) is 4.72 Å². The van der Waals surface area contributed by atoms with Crippen LogP contribution < -0.4 is 4.72 Å². The van der Waals surface area contributed by atoms with E-state index < -0.39 is 10.0 Å². The van der Waals surface area contributed by atoms with Crippen LogP contribution in [-0.4, -0.2) is 45.5 Å². The van der Waals surface area contributed by atoms with Gasteiger partial charge in [0.2, 0.25) is 5.91 Å². The lowest BCUT2D eigenvalue weighted by Gasteiger charge is -2.33. The van der Waals surface area contributed by atoms with Gasteiger partial charge in [-0.25, -0.2) is 13.1 Å². The zero-order valence-corrected chi connectivity index (χ0v) is 15.6. The molecule has 1 saturated heterocycles. The summed E-state index contributed by atoms with van der Waals surface area (Å²) in [6.45, 7) is 0.960. The zero-order chi connectivity index (χ0) is 17.9. The van der Waals surface area contributed by atoms with E-state index in [1.54, 1.807) is 4.90 Å². The fourth-order valence-corrected chi connectivity index (χ4v) is 5.03. The number of carbonyl (C=O) groups excluding carboxylic acids is 1. The fourth-order valence-electron chi connectivity index (χ4n) is 2.53. The molecule has 134 valence electrons. The molecule has 0 unspecified atom stereocenters. The third-order valence-corrected chi connectivity index (χ3v) is 6.94. The van der Waals surface area contributed by atoms with Crippen molar-refractivity contribution in [3.8, 4) is 0 Å². The molecule has 1 aromatic carbocycles. The molecule has 3 rings (SSSR count). The summed E-state index contributed by atoms with van der Waals surface area (Å²) >= 11 is 6.71. The van der Waals surface area contributed by atoms with Crippen LogP contribution in [0.3, 0.4) is 0 Å². The van der Waals surface area contributed by atoms with Gasteiger partial charge >= 0.3 is 0 Å². The molecule has 0 saturated carbocycles. The lowest BCUT2D eigenvalue weighted by Crippen LogP contribution is -2.46. The third-order valence-electron chi connectivity index (χ3n) is 3.82. The lowest BCUT2D eigenvalue weighted by molar-refractivity contribution is -0.137. The number of rotatable bonds is 5. The molecule has 9 heteroatoms. The Bertz CT molecular complexity index is 839. The monoisotopic (exact) mass is 400 g/mol. The number of halogens is 1. The molecule has 0 bridgehead atoms. The molecule has 1 atom stereocenters. The molecular weight excluding hydrogens is 384 g/mol. The summed E-state index contributed by atoms with van der Waals surface area (Å²) in [4.78, 5) is 14.0. The van der Waals surface area contributed by atoms with E-state index in [0.717, 1.165) is 16.9 Å². The Morgan fingerprint density at radius 3 is 2.72 bits per heavy atom. The second-order valence-electron chi connectivity index (χ2n) is 5.49. The Kier molecular flexibility index (Phi) is 5.75. The standard InChI is InChI=1S/C16H17ClN2O4S2/c17-14-6-7-16(24-14)25(21,22)18-10-15(20)19-8-9-23-13(11-19)12-4-2-1-3-5-12/h1-7,13,18H,8-11H2/t13-/m1/s1. The average molecular weight is 401 g/mol. The summed E-state index contributed by atoms with van der Waals surface area (Å²) < 4.78 is 32.8. The van der Waals surface area contributed by atoms with Crippen LogP contribution in [-0.2, 0) is 19.6 Å². The van der Waals surface area contributed by atoms with Crippen molar-refractivity contribution in [2.75, 3.05) is 26.2 Å². The van der Waals surface area contributed by atoms with Gasteiger partial charge in [0, 0.05) is 6.54 Å². The Morgan fingerprint density at radius 2 is 2.04 bits per heavy atom. The highest BCUT2D eigenvalue weighted by Crippen LogP contribution is 2.25. The van der Waals surface area contributed by atoms with Gasteiger partial charge in [-0.15, -0.1) is 11.3 Å². The minimum Gasteiger partial charge on any atom is -0.370 e. The van der Waals surface area contributed by atoms with Crippen LogP contribution in [0.4, 0.5) is 0 Å². The number of hydrogen-bond acceptors (Lipinski definition) is 5. The van der Waals surface area contributed by atoms with Crippen molar-refractivity contribution in [2.24, 2.45) is 0 Å². The van der Waals surface area contributed by atoms with Gasteiger partial charge in [-0.2, -0.15) is 0 Å². The van der Waals surface area contributed by atoms with E-state index in [-0.39, 0.29) is 22.8 Å².